The third kappa shape index (κ3) is 4.42. The Hall–Kier alpha value is -2.69. The molecule has 2 rings (SSSR count). The van der Waals surface area contributed by atoms with Crippen LogP contribution in [0, 0.1) is 0 Å². The Kier molecular flexibility index (Phi) is 5.04. The average molecular weight is 286 g/mol. The molecule has 2 aromatic rings. The van der Waals surface area contributed by atoms with Crippen LogP contribution in [0.3, 0.4) is 0 Å². The maximum Gasteiger partial charge on any atom is 0.262 e. The van der Waals surface area contributed by atoms with Gasteiger partial charge >= 0.3 is 0 Å². The van der Waals surface area contributed by atoms with E-state index in [9.17, 15) is 4.79 Å². The molecule has 0 radical (unpaired) electrons. The third-order valence-corrected chi connectivity index (χ3v) is 2.71. The van der Waals surface area contributed by atoms with E-state index < -0.39 is 0 Å². The molecule has 1 amide bonds. The highest BCUT2D eigenvalue weighted by Crippen LogP contribution is 2.23. The first-order chi connectivity index (χ1) is 10.2. The van der Waals surface area contributed by atoms with Crippen molar-refractivity contribution in [2.24, 2.45) is 0 Å². The number of nitrogens with two attached hydrogens (primary N) is 1. The molecular formula is C16H18N2O3. The van der Waals surface area contributed by atoms with Crippen LogP contribution in [0.25, 0.3) is 0 Å². The summed E-state index contributed by atoms with van der Waals surface area (Å²) in [4.78, 5) is 11.9. The lowest BCUT2D eigenvalue weighted by molar-refractivity contribution is -0.118. The van der Waals surface area contributed by atoms with Crippen LogP contribution in [0.1, 0.15) is 6.92 Å². The molecule has 0 fully saturated rings. The van der Waals surface area contributed by atoms with Gasteiger partial charge in [0.15, 0.2) is 6.61 Å². The van der Waals surface area contributed by atoms with E-state index in [2.05, 4.69) is 5.32 Å². The van der Waals surface area contributed by atoms with Crippen molar-refractivity contribution < 1.29 is 14.3 Å². The topological polar surface area (TPSA) is 73.6 Å². The van der Waals surface area contributed by atoms with Crippen LogP contribution < -0.4 is 20.5 Å². The summed E-state index contributed by atoms with van der Waals surface area (Å²) >= 11 is 0. The van der Waals surface area contributed by atoms with Crippen molar-refractivity contribution in [1.82, 2.24) is 0 Å². The molecule has 0 aliphatic carbocycles. The predicted molar refractivity (Wildman–Crippen MR) is 82.6 cm³/mol. The minimum atomic E-state index is -0.251. The number of ether oxygens (including phenoxy) is 2. The Labute approximate surface area is 123 Å². The van der Waals surface area contributed by atoms with E-state index in [0.29, 0.717) is 29.5 Å². The van der Waals surface area contributed by atoms with E-state index in [0.717, 1.165) is 0 Å². The van der Waals surface area contributed by atoms with Gasteiger partial charge in [-0.2, -0.15) is 0 Å². The minimum absolute atomic E-state index is 0.0790. The Balaban J connectivity index is 1.91. The van der Waals surface area contributed by atoms with Gasteiger partial charge in [-0.25, -0.2) is 0 Å². The number of para-hydroxylation sites is 2. The lowest BCUT2D eigenvalue weighted by Gasteiger charge is -2.11. The summed E-state index contributed by atoms with van der Waals surface area (Å²) in [5, 5.41) is 2.76. The van der Waals surface area contributed by atoms with Crippen molar-refractivity contribution in [2.45, 2.75) is 6.92 Å². The van der Waals surface area contributed by atoms with Crippen LogP contribution in [0.5, 0.6) is 11.5 Å². The predicted octanol–water partition coefficient (Wildman–Crippen LogP) is 2.69. The standard InChI is InChI=1S/C16H18N2O3/c1-2-20-15-6-4-3-5-14(15)18-16(19)11-21-13-9-7-12(17)8-10-13/h3-10H,2,11,17H2,1H3,(H,18,19). The van der Waals surface area contributed by atoms with E-state index in [1.54, 1.807) is 36.4 Å². The molecule has 110 valence electrons. The number of anilines is 2. The first kappa shape index (κ1) is 14.7. The lowest BCUT2D eigenvalue weighted by Crippen LogP contribution is -2.20. The second-order valence-electron chi connectivity index (χ2n) is 4.34. The highest BCUT2D eigenvalue weighted by molar-refractivity contribution is 5.93. The Morgan fingerprint density at radius 1 is 1.10 bits per heavy atom. The quantitative estimate of drug-likeness (QED) is 0.801. The van der Waals surface area contributed by atoms with Crippen molar-refractivity contribution in [3.63, 3.8) is 0 Å². The van der Waals surface area contributed by atoms with E-state index in [4.69, 9.17) is 15.2 Å². The lowest BCUT2D eigenvalue weighted by atomic mass is 10.3. The fraction of sp³-hybridized carbons (Fsp3) is 0.188. The molecule has 0 unspecified atom stereocenters. The van der Waals surface area contributed by atoms with Crippen molar-refractivity contribution in [2.75, 3.05) is 24.3 Å². The number of amides is 1. The second kappa shape index (κ2) is 7.19. The third-order valence-electron chi connectivity index (χ3n) is 2.71. The summed E-state index contributed by atoms with van der Waals surface area (Å²) in [5.74, 6) is 0.984. The fourth-order valence-corrected chi connectivity index (χ4v) is 1.75. The summed E-state index contributed by atoms with van der Waals surface area (Å²) in [6.45, 7) is 2.35. The first-order valence-electron chi connectivity index (χ1n) is 6.69. The molecule has 2 aromatic carbocycles. The van der Waals surface area contributed by atoms with Gasteiger partial charge in [-0.15, -0.1) is 0 Å². The first-order valence-corrected chi connectivity index (χ1v) is 6.69. The molecule has 21 heavy (non-hydrogen) atoms. The monoisotopic (exact) mass is 286 g/mol. The van der Waals surface area contributed by atoms with E-state index in [1.165, 1.54) is 0 Å². The Morgan fingerprint density at radius 3 is 2.52 bits per heavy atom. The fourth-order valence-electron chi connectivity index (χ4n) is 1.75. The SMILES string of the molecule is CCOc1ccccc1NC(=O)COc1ccc(N)cc1. The Bertz CT molecular complexity index is 597. The molecular weight excluding hydrogens is 268 g/mol. The molecule has 5 heteroatoms. The smallest absolute Gasteiger partial charge is 0.262 e. The number of rotatable bonds is 6. The van der Waals surface area contributed by atoms with E-state index >= 15 is 0 Å². The zero-order chi connectivity index (χ0) is 15.1. The zero-order valence-corrected chi connectivity index (χ0v) is 11.8. The highest BCUT2D eigenvalue weighted by atomic mass is 16.5. The highest BCUT2D eigenvalue weighted by Gasteiger charge is 2.08. The van der Waals surface area contributed by atoms with Crippen LogP contribution in [0.2, 0.25) is 0 Å². The molecule has 3 N–H and O–H groups in total. The van der Waals surface area contributed by atoms with Crippen molar-refractivity contribution in [3.8, 4) is 11.5 Å². The molecule has 0 saturated carbocycles. The van der Waals surface area contributed by atoms with Crippen LogP contribution in [0.4, 0.5) is 11.4 Å². The van der Waals surface area contributed by atoms with Crippen molar-refractivity contribution >= 4 is 17.3 Å². The van der Waals surface area contributed by atoms with Gasteiger partial charge in [-0.05, 0) is 43.3 Å². The van der Waals surface area contributed by atoms with Gasteiger partial charge in [0.2, 0.25) is 0 Å². The van der Waals surface area contributed by atoms with Crippen molar-refractivity contribution in [1.29, 1.82) is 0 Å². The van der Waals surface area contributed by atoms with Gasteiger partial charge in [0.1, 0.15) is 11.5 Å². The molecule has 0 heterocycles. The maximum absolute atomic E-state index is 11.9. The molecule has 0 bridgehead atoms. The summed E-state index contributed by atoms with van der Waals surface area (Å²) in [6, 6.07) is 14.2. The average Bonchev–Trinajstić information content (AvgIpc) is 2.49. The normalized spacial score (nSPS) is 9.95. The number of benzene rings is 2. The van der Waals surface area contributed by atoms with Crippen LogP contribution >= 0.6 is 0 Å². The summed E-state index contributed by atoms with van der Waals surface area (Å²) in [6.07, 6.45) is 0. The summed E-state index contributed by atoms with van der Waals surface area (Å²) < 4.78 is 10.8. The second-order valence-corrected chi connectivity index (χ2v) is 4.34. The summed E-state index contributed by atoms with van der Waals surface area (Å²) in [7, 11) is 0. The van der Waals surface area contributed by atoms with Crippen LogP contribution in [-0.4, -0.2) is 19.1 Å². The molecule has 0 saturated heterocycles. The largest absolute Gasteiger partial charge is 0.492 e. The number of carbonyl (C=O) groups excluding carboxylic acids is 1. The summed E-state index contributed by atoms with van der Waals surface area (Å²) in [5.41, 5.74) is 6.86. The van der Waals surface area contributed by atoms with Crippen molar-refractivity contribution in [3.05, 3.63) is 48.5 Å². The molecule has 5 nitrogen and oxygen atoms in total. The number of nitrogen functional groups attached to an aromatic ring is 1. The molecule has 0 aromatic heterocycles. The maximum atomic E-state index is 11.9. The van der Waals surface area contributed by atoms with E-state index in [-0.39, 0.29) is 12.5 Å². The van der Waals surface area contributed by atoms with Gasteiger partial charge in [-0.3, -0.25) is 4.79 Å². The molecule has 0 spiro atoms. The Morgan fingerprint density at radius 2 is 1.81 bits per heavy atom. The minimum Gasteiger partial charge on any atom is -0.492 e. The van der Waals surface area contributed by atoms with Crippen LogP contribution in [0.15, 0.2) is 48.5 Å². The van der Waals surface area contributed by atoms with E-state index in [1.807, 2.05) is 19.1 Å². The number of hydrogen-bond donors (Lipinski definition) is 2. The number of hydrogen-bond acceptors (Lipinski definition) is 4. The van der Waals surface area contributed by atoms with Gasteiger partial charge in [0, 0.05) is 5.69 Å². The van der Waals surface area contributed by atoms with Gasteiger partial charge in [-0.1, -0.05) is 12.1 Å². The number of nitrogens with one attached hydrogen (secondary N) is 1. The molecule has 0 aliphatic rings. The molecule has 0 aliphatic heterocycles. The number of carbonyl (C=O) groups is 1. The van der Waals surface area contributed by atoms with Gasteiger partial charge < -0.3 is 20.5 Å². The molecule has 0 atom stereocenters. The van der Waals surface area contributed by atoms with Gasteiger partial charge in [0.25, 0.3) is 5.91 Å². The van der Waals surface area contributed by atoms with Gasteiger partial charge in [0.05, 0.1) is 12.3 Å². The van der Waals surface area contributed by atoms with Crippen LogP contribution in [-0.2, 0) is 4.79 Å². The zero-order valence-electron chi connectivity index (χ0n) is 11.8.